The van der Waals surface area contributed by atoms with Crippen molar-refractivity contribution in [3.05, 3.63) is 106 Å². The minimum atomic E-state index is -4.73. The van der Waals surface area contributed by atoms with Gasteiger partial charge in [0, 0.05) is 5.57 Å². The molecule has 0 saturated heterocycles. The molecule has 0 radical (unpaired) electrons. The van der Waals surface area contributed by atoms with E-state index in [0.29, 0.717) is 28.5 Å². The number of nitrogens with one attached hydrogen (secondary N) is 2. The number of hydrogen-bond donors (Lipinski definition) is 2. The van der Waals surface area contributed by atoms with Crippen LogP contribution < -0.4 is 10.9 Å². The molecule has 1 aromatic carbocycles. The number of benzene rings is 1. The van der Waals surface area contributed by atoms with Gasteiger partial charge in [-0.3, -0.25) is 9.59 Å². The molecule has 1 heterocycles. The van der Waals surface area contributed by atoms with Crippen molar-refractivity contribution in [3.63, 3.8) is 0 Å². The summed E-state index contributed by atoms with van der Waals surface area (Å²) in [7, 11) is 1.44. The first-order chi connectivity index (χ1) is 14.1. The van der Waals surface area contributed by atoms with Gasteiger partial charge in [0.15, 0.2) is 0 Å². The average molecular weight is 418 g/mol. The van der Waals surface area contributed by atoms with Crippen LogP contribution in [0.2, 0.25) is 0 Å². The lowest BCUT2D eigenvalue weighted by molar-refractivity contribution is -0.141. The van der Waals surface area contributed by atoms with Gasteiger partial charge in [-0.15, -0.1) is 0 Å². The van der Waals surface area contributed by atoms with Crippen LogP contribution in [0.5, 0.6) is 0 Å². The Labute approximate surface area is 171 Å². The summed E-state index contributed by atoms with van der Waals surface area (Å²) in [6.07, 6.45) is -3.24. The van der Waals surface area contributed by atoms with E-state index >= 15 is 0 Å². The number of halogens is 3. The maximum atomic E-state index is 12.8. The summed E-state index contributed by atoms with van der Waals surface area (Å²) in [4.78, 5) is 26.6. The molecule has 1 unspecified atom stereocenters. The Kier molecular flexibility index (Phi) is 7.05. The minimum Gasteiger partial charge on any atom is -0.496 e. The van der Waals surface area contributed by atoms with Gasteiger partial charge in [-0.25, -0.2) is 0 Å². The second-order valence-electron chi connectivity index (χ2n) is 6.40. The van der Waals surface area contributed by atoms with E-state index in [1.54, 1.807) is 42.2 Å². The molecule has 2 rings (SSSR count). The zero-order chi connectivity index (χ0) is 22.5. The molecule has 0 fully saturated rings. The van der Waals surface area contributed by atoms with Crippen LogP contribution >= 0.6 is 0 Å². The molecule has 0 saturated carbocycles. The molecule has 2 aromatic rings. The highest BCUT2D eigenvalue weighted by atomic mass is 19.4. The van der Waals surface area contributed by atoms with Gasteiger partial charge in [0.1, 0.15) is 17.0 Å². The average Bonchev–Trinajstić information content (AvgIpc) is 2.69. The number of methoxy groups -OCH3 is 1. The normalized spacial score (nSPS) is 13.1. The fourth-order valence-corrected chi connectivity index (χ4v) is 2.89. The van der Waals surface area contributed by atoms with Crippen LogP contribution in [0.25, 0.3) is 0 Å². The van der Waals surface area contributed by atoms with E-state index in [9.17, 15) is 22.8 Å². The molecular formula is C22H21F3N2O3. The van der Waals surface area contributed by atoms with E-state index < -0.39 is 34.9 Å². The SMILES string of the molecule is C=C/C(=C(/OC)C(=C)C)C(NC(=O)c1ccc(C(F)(F)F)[nH]c1=O)c1ccccc1. The number of alkyl halides is 3. The van der Waals surface area contributed by atoms with Crippen molar-refractivity contribution < 1.29 is 22.7 Å². The lowest BCUT2D eigenvalue weighted by atomic mass is 9.95. The molecule has 0 spiro atoms. The van der Waals surface area contributed by atoms with Gasteiger partial charge in [0.05, 0.1) is 13.2 Å². The fourth-order valence-electron chi connectivity index (χ4n) is 2.89. The Balaban J connectivity index is 2.52. The summed E-state index contributed by atoms with van der Waals surface area (Å²) in [6.45, 7) is 9.34. The summed E-state index contributed by atoms with van der Waals surface area (Å²) in [5.74, 6) is -0.462. The largest absolute Gasteiger partial charge is 0.496 e. The number of pyridine rings is 1. The van der Waals surface area contributed by atoms with Gasteiger partial charge in [-0.1, -0.05) is 49.6 Å². The molecule has 0 aliphatic rings. The number of hydrogen-bond acceptors (Lipinski definition) is 3. The van der Waals surface area contributed by atoms with E-state index in [1.807, 2.05) is 0 Å². The second-order valence-corrected chi connectivity index (χ2v) is 6.40. The third-order valence-corrected chi connectivity index (χ3v) is 4.25. The number of carbonyl (C=O) groups excluding carboxylic acids is 1. The Morgan fingerprint density at radius 1 is 1.20 bits per heavy atom. The van der Waals surface area contributed by atoms with Crippen LogP contribution in [-0.4, -0.2) is 18.0 Å². The molecule has 5 nitrogen and oxygen atoms in total. The standard InChI is InChI=1S/C22H21F3N2O3/c1-5-15(19(30-4)13(2)3)18(14-9-7-6-8-10-14)27-21(29)16-11-12-17(22(23,24)25)26-20(16)28/h5-12,18H,1-2H2,3-4H3,(H,26,28)(H,27,29)/b19-15-. The van der Waals surface area contributed by atoms with E-state index in [2.05, 4.69) is 18.5 Å². The van der Waals surface area contributed by atoms with Gasteiger partial charge in [-0.05, 0) is 30.2 Å². The highest BCUT2D eigenvalue weighted by Crippen LogP contribution is 2.29. The number of allylic oxidation sites excluding steroid dienone is 1. The van der Waals surface area contributed by atoms with Crippen molar-refractivity contribution in [1.82, 2.24) is 10.3 Å². The van der Waals surface area contributed by atoms with Crippen molar-refractivity contribution in [1.29, 1.82) is 0 Å². The first kappa shape index (κ1) is 22.7. The molecule has 0 bridgehead atoms. The number of aromatic amines is 1. The van der Waals surface area contributed by atoms with Gasteiger partial charge in [0.2, 0.25) is 0 Å². The molecule has 30 heavy (non-hydrogen) atoms. The molecule has 1 aromatic heterocycles. The van der Waals surface area contributed by atoms with Crippen LogP contribution in [-0.2, 0) is 10.9 Å². The summed E-state index contributed by atoms with van der Waals surface area (Å²) in [5.41, 5.74) is -1.13. The number of H-pyrrole nitrogens is 1. The summed E-state index contributed by atoms with van der Waals surface area (Å²) in [6, 6.07) is 9.49. The van der Waals surface area contributed by atoms with Crippen molar-refractivity contribution in [2.75, 3.05) is 7.11 Å². The summed E-state index contributed by atoms with van der Waals surface area (Å²) < 4.78 is 43.7. The fraction of sp³-hybridized carbons (Fsp3) is 0.182. The zero-order valence-electron chi connectivity index (χ0n) is 16.5. The predicted octanol–water partition coefficient (Wildman–Crippen LogP) is 4.53. The Hall–Kier alpha value is -3.55. The zero-order valence-corrected chi connectivity index (χ0v) is 16.5. The van der Waals surface area contributed by atoms with Crippen molar-refractivity contribution in [2.24, 2.45) is 0 Å². The van der Waals surface area contributed by atoms with Crippen LogP contribution in [0, 0.1) is 0 Å². The van der Waals surface area contributed by atoms with E-state index in [0.717, 1.165) is 6.07 Å². The number of amides is 1. The van der Waals surface area contributed by atoms with Crippen LogP contribution in [0.4, 0.5) is 13.2 Å². The monoisotopic (exact) mass is 418 g/mol. The van der Waals surface area contributed by atoms with Crippen LogP contribution in [0.1, 0.15) is 34.6 Å². The maximum Gasteiger partial charge on any atom is 0.431 e. The summed E-state index contributed by atoms with van der Waals surface area (Å²) in [5, 5.41) is 2.68. The van der Waals surface area contributed by atoms with Crippen LogP contribution in [0.3, 0.4) is 0 Å². The minimum absolute atomic E-state index is 0.389. The predicted molar refractivity (Wildman–Crippen MR) is 108 cm³/mol. The Morgan fingerprint density at radius 2 is 1.83 bits per heavy atom. The van der Waals surface area contributed by atoms with Crippen molar-refractivity contribution in [3.8, 4) is 0 Å². The van der Waals surface area contributed by atoms with E-state index in [1.165, 1.54) is 13.2 Å². The van der Waals surface area contributed by atoms with Crippen LogP contribution in [0.15, 0.2) is 83.4 Å². The smallest absolute Gasteiger partial charge is 0.431 e. The van der Waals surface area contributed by atoms with E-state index in [4.69, 9.17) is 4.74 Å². The number of rotatable bonds is 7. The number of ether oxygens (including phenoxy) is 1. The molecule has 8 heteroatoms. The molecule has 0 aliphatic heterocycles. The first-order valence-electron chi connectivity index (χ1n) is 8.83. The number of aromatic nitrogens is 1. The first-order valence-corrected chi connectivity index (χ1v) is 8.83. The third-order valence-electron chi connectivity index (χ3n) is 4.25. The van der Waals surface area contributed by atoms with Gasteiger partial charge in [-0.2, -0.15) is 13.2 Å². The molecule has 0 aliphatic carbocycles. The lowest BCUT2D eigenvalue weighted by Gasteiger charge is -2.23. The Bertz CT molecular complexity index is 1040. The highest BCUT2D eigenvalue weighted by molar-refractivity contribution is 5.94. The molecule has 158 valence electrons. The van der Waals surface area contributed by atoms with E-state index in [-0.39, 0.29) is 0 Å². The molecule has 2 N–H and O–H groups in total. The molecular weight excluding hydrogens is 397 g/mol. The van der Waals surface area contributed by atoms with Crippen molar-refractivity contribution >= 4 is 5.91 Å². The second kappa shape index (κ2) is 9.30. The van der Waals surface area contributed by atoms with Gasteiger partial charge in [0.25, 0.3) is 11.5 Å². The third kappa shape index (κ3) is 5.08. The molecule has 1 atom stereocenters. The quantitative estimate of drug-likeness (QED) is 0.513. The topological polar surface area (TPSA) is 71.2 Å². The van der Waals surface area contributed by atoms with Crippen molar-refractivity contribution in [2.45, 2.75) is 19.1 Å². The van der Waals surface area contributed by atoms with Gasteiger partial charge >= 0.3 is 6.18 Å². The summed E-state index contributed by atoms with van der Waals surface area (Å²) >= 11 is 0. The molecule has 1 amide bonds. The number of carbonyl (C=O) groups is 1. The Morgan fingerprint density at radius 3 is 2.30 bits per heavy atom. The highest BCUT2D eigenvalue weighted by Gasteiger charge is 2.32. The van der Waals surface area contributed by atoms with Gasteiger partial charge < -0.3 is 15.0 Å². The lowest BCUT2D eigenvalue weighted by Crippen LogP contribution is -2.34. The maximum absolute atomic E-state index is 12.8.